The molecular formula is C28H25BrN4O4. The minimum Gasteiger partial charge on any atom is -0.487 e. The maximum absolute atomic E-state index is 13.4. The van der Waals surface area contributed by atoms with Gasteiger partial charge < -0.3 is 19.7 Å². The molecule has 37 heavy (non-hydrogen) atoms. The molecule has 8 nitrogen and oxygen atoms in total. The molecule has 2 aliphatic heterocycles. The molecule has 0 radical (unpaired) electrons. The summed E-state index contributed by atoms with van der Waals surface area (Å²) in [6.45, 7) is 1.01. The van der Waals surface area contributed by atoms with Crippen LogP contribution in [0.15, 0.2) is 77.4 Å². The summed E-state index contributed by atoms with van der Waals surface area (Å²) in [5.41, 5.74) is 1.69. The van der Waals surface area contributed by atoms with Crippen LogP contribution in [0.25, 0.3) is 10.9 Å². The number of halogens is 1. The van der Waals surface area contributed by atoms with Crippen molar-refractivity contribution in [3.63, 3.8) is 0 Å². The van der Waals surface area contributed by atoms with Crippen LogP contribution in [0.4, 0.5) is 4.79 Å². The zero-order valence-corrected chi connectivity index (χ0v) is 21.5. The first kappa shape index (κ1) is 23.5. The Morgan fingerprint density at radius 2 is 1.89 bits per heavy atom. The second-order valence-electron chi connectivity index (χ2n) is 9.51. The summed E-state index contributed by atoms with van der Waals surface area (Å²) in [5.74, 6) is 1.10. The molecule has 2 amide bonds. The molecule has 2 N–H and O–H groups in total. The van der Waals surface area contributed by atoms with Crippen LogP contribution < -0.4 is 14.8 Å². The summed E-state index contributed by atoms with van der Waals surface area (Å²) in [6.07, 6.45) is 3.21. The number of amides is 2. The third-order valence-corrected chi connectivity index (χ3v) is 7.65. The minimum absolute atomic E-state index is 0.174. The monoisotopic (exact) mass is 560 g/mol. The van der Waals surface area contributed by atoms with E-state index in [1.807, 2.05) is 48.5 Å². The highest BCUT2D eigenvalue weighted by atomic mass is 79.9. The van der Waals surface area contributed by atoms with Gasteiger partial charge in [0.2, 0.25) is 0 Å². The van der Waals surface area contributed by atoms with Gasteiger partial charge in [0.25, 0.3) is 5.91 Å². The number of fused-ring (bicyclic) bond motifs is 2. The van der Waals surface area contributed by atoms with Crippen LogP contribution >= 0.6 is 15.9 Å². The van der Waals surface area contributed by atoms with Crippen molar-refractivity contribution in [2.45, 2.75) is 30.9 Å². The van der Waals surface area contributed by atoms with Gasteiger partial charge in [0, 0.05) is 47.8 Å². The lowest BCUT2D eigenvalue weighted by atomic mass is 9.80. The molecule has 3 aromatic carbocycles. The third-order valence-electron chi connectivity index (χ3n) is 7.16. The highest BCUT2D eigenvalue weighted by Gasteiger charge is 2.45. The van der Waals surface area contributed by atoms with Gasteiger partial charge in [-0.3, -0.25) is 9.89 Å². The number of piperidine rings is 1. The van der Waals surface area contributed by atoms with E-state index < -0.39 is 5.60 Å². The normalized spacial score (nSPS) is 18.2. The van der Waals surface area contributed by atoms with Gasteiger partial charge in [-0.15, -0.1) is 0 Å². The molecule has 3 heterocycles. The number of benzene rings is 3. The van der Waals surface area contributed by atoms with E-state index in [0.29, 0.717) is 49.2 Å². The molecule has 4 aromatic rings. The first-order valence-electron chi connectivity index (χ1n) is 12.2. The maximum atomic E-state index is 13.4. The summed E-state index contributed by atoms with van der Waals surface area (Å²) in [7, 11) is 0. The molecule has 0 saturated carbocycles. The molecule has 0 aliphatic carbocycles. The number of carbonyl (C=O) groups excluding carboxylic acids is 2. The van der Waals surface area contributed by atoms with Gasteiger partial charge in [0.1, 0.15) is 17.1 Å². The average Bonchev–Trinajstić information content (AvgIpc) is 3.39. The maximum Gasteiger partial charge on any atom is 0.415 e. The summed E-state index contributed by atoms with van der Waals surface area (Å²) < 4.78 is 13.0. The van der Waals surface area contributed by atoms with Crippen molar-refractivity contribution in [3.8, 4) is 11.5 Å². The lowest BCUT2D eigenvalue weighted by Crippen LogP contribution is -2.53. The molecule has 1 saturated heterocycles. The van der Waals surface area contributed by atoms with Crippen molar-refractivity contribution in [2.24, 2.45) is 0 Å². The standard InChI is InChI=1S/C28H25BrN4O4/c29-19-9-10-24-22(15-19)23(31-26(34)21-8-4-5-18-17-30-32-25(18)21)16-28(37-24)11-13-33(14-12-28)27(35)36-20-6-2-1-3-7-20/h1-10,15,17,23H,11-14,16H2,(H,30,32)(H,31,34). The first-order valence-corrected chi connectivity index (χ1v) is 13.0. The zero-order chi connectivity index (χ0) is 25.4. The number of hydrogen-bond acceptors (Lipinski definition) is 5. The second kappa shape index (κ2) is 9.55. The number of aromatic nitrogens is 2. The van der Waals surface area contributed by atoms with E-state index in [0.717, 1.165) is 21.2 Å². The van der Waals surface area contributed by atoms with Gasteiger partial charge in [-0.2, -0.15) is 5.10 Å². The number of hydrogen-bond donors (Lipinski definition) is 2. The Kier molecular flexibility index (Phi) is 6.08. The number of rotatable bonds is 3. The van der Waals surface area contributed by atoms with Gasteiger partial charge >= 0.3 is 6.09 Å². The summed E-state index contributed by atoms with van der Waals surface area (Å²) in [5, 5.41) is 11.1. The number of ether oxygens (including phenoxy) is 2. The van der Waals surface area contributed by atoms with Gasteiger partial charge in [0.15, 0.2) is 0 Å². The molecule has 1 spiro atoms. The predicted octanol–water partition coefficient (Wildman–Crippen LogP) is 5.61. The van der Waals surface area contributed by atoms with Crippen LogP contribution in [-0.4, -0.2) is 45.8 Å². The van der Waals surface area contributed by atoms with Crippen LogP contribution in [0.3, 0.4) is 0 Å². The summed E-state index contributed by atoms with van der Waals surface area (Å²) in [4.78, 5) is 27.9. The zero-order valence-electron chi connectivity index (χ0n) is 19.9. The van der Waals surface area contributed by atoms with Crippen LogP contribution in [0, 0.1) is 0 Å². The molecule has 1 unspecified atom stereocenters. The van der Waals surface area contributed by atoms with Gasteiger partial charge in [-0.05, 0) is 36.4 Å². The molecule has 9 heteroatoms. The topological polar surface area (TPSA) is 96.6 Å². The minimum atomic E-state index is -0.498. The average molecular weight is 561 g/mol. The van der Waals surface area contributed by atoms with E-state index in [-0.39, 0.29) is 18.0 Å². The molecular weight excluding hydrogens is 536 g/mol. The van der Waals surface area contributed by atoms with Crippen LogP contribution in [0.5, 0.6) is 11.5 Å². The molecule has 6 rings (SSSR count). The van der Waals surface area contributed by atoms with Gasteiger partial charge in [0.05, 0.1) is 23.3 Å². The summed E-state index contributed by atoms with van der Waals surface area (Å²) in [6, 6.07) is 20.3. The van der Waals surface area contributed by atoms with E-state index in [1.165, 1.54) is 0 Å². The molecule has 1 aromatic heterocycles. The number of aromatic amines is 1. The first-order chi connectivity index (χ1) is 18.0. The predicted molar refractivity (Wildman–Crippen MR) is 142 cm³/mol. The molecule has 1 fully saturated rings. The van der Waals surface area contributed by atoms with Crippen molar-refractivity contribution in [2.75, 3.05) is 13.1 Å². The Hall–Kier alpha value is -3.85. The Morgan fingerprint density at radius 3 is 2.70 bits per heavy atom. The highest BCUT2D eigenvalue weighted by Crippen LogP contribution is 2.45. The van der Waals surface area contributed by atoms with Crippen LogP contribution in [0.2, 0.25) is 0 Å². The van der Waals surface area contributed by atoms with E-state index in [4.69, 9.17) is 9.47 Å². The van der Waals surface area contributed by atoms with E-state index >= 15 is 0 Å². The number of nitrogens with one attached hydrogen (secondary N) is 2. The Bertz CT molecular complexity index is 1460. The van der Waals surface area contributed by atoms with E-state index in [2.05, 4.69) is 31.4 Å². The van der Waals surface area contributed by atoms with Crippen molar-refractivity contribution < 1.29 is 19.1 Å². The highest BCUT2D eigenvalue weighted by molar-refractivity contribution is 9.10. The smallest absolute Gasteiger partial charge is 0.415 e. The SMILES string of the molecule is O=C(NC1CC2(CCN(C(=O)Oc3ccccc3)CC2)Oc2ccc(Br)cc21)c1cccc2cn[nH]c12. The lowest BCUT2D eigenvalue weighted by Gasteiger charge is -2.46. The fourth-order valence-corrected chi connectivity index (χ4v) is 5.60. The second-order valence-corrected chi connectivity index (χ2v) is 10.4. The quantitative estimate of drug-likeness (QED) is 0.339. The fraction of sp³-hybridized carbons (Fsp3) is 0.250. The van der Waals surface area contributed by atoms with Crippen LogP contribution in [0.1, 0.15) is 41.2 Å². The van der Waals surface area contributed by atoms with Crippen molar-refractivity contribution in [3.05, 3.63) is 88.5 Å². The molecule has 0 bridgehead atoms. The van der Waals surface area contributed by atoms with Gasteiger partial charge in [-0.25, -0.2) is 4.79 Å². The summed E-state index contributed by atoms with van der Waals surface area (Å²) >= 11 is 3.56. The number of carbonyl (C=O) groups is 2. The molecule has 2 aliphatic rings. The van der Waals surface area contributed by atoms with E-state index in [1.54, 1.807) is 29.3 Å². The van der Waals surface area contributed by atoms with Gasteiger partial charge in [-0.1, -0.05) is 46.3 Å². The third kappa shape index (κ3) is 4.67. The number of likely N-dealkylation sites (tertiary alicyclic amines) is 1. The van der Waals surface area contributed by atoms with E-state index in [9.17, 15) is 9.59 Å². The Morgan fingerprint density at radius 1 is 1.08 bits per heavy atom. The van der Waals surface area contributed by atoms with Crippen molar-refractivity contribution >= 4 is 38.8 Å². The Balaban J connectivity index is 1.21. The van der Waals surface area contributed by atoms with Crippen molar-refractivity contribution in [1.29, 1.82) is 0 Å². The molecule has 1 atom stereocenters. The van der Waals surface area contributed by atoms with Crippen LogP contribution in [-0.2, 0) is 0 Å². The molecule has 188 valence electrons. The lowest BCUT2D eigenvalue weighted by molar-refractivity contribution is -0.0198. The largest absolute Gasteiger partial charge is 0.487 e. The fourth-order valence-electron chi connectivity index (χ4n) is 5.22. The van der Waals surface area contributed by atoms with Crippen molar-refractivity contribution in [1.82, 2.24) is 20.4 Å². The number of nitrogens with zero attached hydrogens (tertiary/aromatic N) is 2. The number of H-pyrrole nitrogens is 1. The Labute approximate surface area is 222 Å². The number of para-hydroxylation sites is 2.